The summed E-state index contributed by atoms with van der Waals surface area (Å²) < 4.78 is 11.6. The molecule has 2 atom stereocenters. The molecule has 7 nitrogen and oxygen atoms in total. The Kier molecular flexibility index (Phi) is 10.5. The number of nitrogens with one attached hydrogen (secondary N) is 1. The van der Waals surface area contributed by atoms with Crippen molar-refractivity contribution in [3.63, 3.8) is 0 Å². The molecule has 0 bridgehead atoms. The van der Waals surface area contributed by atoms with E-state index in [1.807, 2.05) is 24.0 Å². The fourth-order valence-electron chi connectivity index (χ4n) is 6.41. The van der Waals surface area contributed by atoms with E-state index in [4.69, 9.17) is 9.47 Å². The summed E-state index contributed by atoms with van der Waals surface area (Å²) in [6.45, 7) is 11.7. The lowest BCUT2D eigenvalue weighted by molar-refractivity contribution is -0.143. The van der Waals surface area contributed by atoms with Crippen LogP contribution in [0.15, 0.2) is 24.3 Å². The van der Waals surface area contributed by atoms with Gasteiger partial charge in [-0.25, -0.2) is 0 Å². The maximum atomic E-state index is 14.0. The first kappa shape index (κ1) is 28.9. The molecule has 0 aromatic heterocycles. The van der Waals surface area contributed by atoms with E-state index in [0.29, 0.717) is 25.6 Å². The summed E-state index contributed by atoms with van der Waals surface area (Å²) in [6, 6.07) is 8.03. The molecule has 0 aliphatic carbocycles. The third-order valence-electron chi connectivity index (χ3n) is 8.66. The summed E-state index contributed by atoms with van der Waals surface area (Å²) in [7, 11) is 0. The number of nitrogens with zero attached hydrogens (tertiary/aromatic N) is 2. The van der Waals surface area contributed by atoms with Gasteiger partial charge >= 0.3 is 0 Å². The molecule has 3 aliphatic heterocycles. The van der Waals surface area contributed by atoms with Crippen LogP contribution < -0.4 is 10.1 Å². The number of amides is 2. The Labute approximate surface area is 229 Å². The van der Waals surface area contributed by atoms with Crippen molar-refractivity contribution in [1.82, 2.24) is 15.1 Å². The van der Waals surface area contributed by atoms with Crippen LogP contribution in [0, 0.1) is 11.3 Å². The monoisotopic (exact) mass is 527 g/mol. The highest BCUT2D eigenvalue weighted by Crippen LogP contribution is 2.38. The van der Waals surface area contributed by atoms with E-state index in [2.05, 4.69) is 36.2 Å². The van der Waals surface area contributed by atoms with Gasteiger partial charge < -0.3 is 19.7 Å². The average Bonchev–Trinajstić information content (AvgIpc) is 3.37. The number of hydrogen-bond acceptors (Lipinski definition) is 5. The van der Waals surface area contributed by atoms with Crippen LogP contribution in [0.4, 0.5) is 0 Å². The molecule has 0 saturated carbocycles. The molecule has 7 heteroatoms. The van der Waals surface area contributed by atoms with Crippen molar-refractivity contribution in [1.29, 1.82) is 0 Å². The smallest absolute Gasteiger partial charge is 0.245 e. The Balaban J connectivity index is 1.45. The van der Waals surface area contributed by atoms with Crippen molar-refractivity contribution in [3.05, 3.63) is 29.8 Å². The Hall–Kier alpha value is -2.12. The Morgan fingerprint density at radius 1 is 1.03 bits per heavy atom. The summed E-state index contributed by atoms with van der Waals surface area (Å²) in [4.78, 5) is 32.2. The minimum Gasteiger partial charge on any atom is -0.494 e. The van der Waals surface area contributed by atoms with Gasteiger partial charge in [0.2, 0.25) is 11.8 Å². The molecule has 1 aromatic carbocycles. The normalized spacial score (nSPS) is 25.7. The second-order valence-corrected chi connectivity index (χ2v) is 12.0. The van der Waals surface area contributed by atoms with E-state index in [1.165, 1.54) is 5.56 Å². The van der Waals surface area contributed by atoms with E-state index < -0.39 is 11.5 Å². The quantitative estimate of drug-likeness (QED) is 0.577. The molecule has 3 aliphatic rings. The van der Waals surface area contributed by atoms with Crippen LogP contribution in [-0.2, 0) is 20.9 Å². The maximum Gasteiger partial charge on any atom is 0.245 e. The molecule has 0 radical (unpaired) electrons. The molecule has 212 valence electrons. The van der Waals surface area contributed by atoms with Crippen molar-refractivity contribution in [2.24, 2.45) is 11.3 Å². The third kappa shape index (κ3) is 7.50. The molecule has 1 spiro atoms. The highest BCUT2D eigenvalue weighted by molar-refractivity contribution is 5.90. The third-order valence-corrected chi connectivity index (χ3v) is 8.66. The molecule has 3 saturated heterocycles. The van der Waals surface area contributed by atoms with Crippen molar-refractivity contribution >= 4 is 11.8 Å². The highest BCUT2D eigenvalue weighted by Gasteiger charge is 2.43. The first-order chi connectivity index (χ1) is 18.4. The van der Waals surface area contributed by atoms with Gasteiger partial charge in [0, 0.05) is 19.7 Å². The number of piperidine rings is 1. The van der Waals surface area contributed by atoms with Crippen molar-refractivity contribution in [2.45, 2.75) is 97.2 Å². The van der Waals surface area contributed by atoms with Crippen LogP contribution in [0.3, 0.4) is 0 Å². The zero-order chi connectivity index (χ0) is 27.0. The Morgan fingerprint density at radius 2 is 1.79 bits per heavy atom. The van der Waals surface area contributed by atoms with Gasteiger partial charge in [-0.05, 0) is 88.6 Å². The van der Waals surface area contributed by atoms with Gasteiger partial charge in [0.05, 0.1) is 24.7 Å². The number of rotatable bonds is 6. The molecular weight excluding hydrogens is 478 g/mol. The van der Waals surface area contributed by atoms with Crippen LogP contribution in [0.2, 0.25) is 0 Å². The number of fused-ring (bicyclic) bond motifs is 1. The van der Waals surface area contributed by atoms with E-state index in [1.54, 1.807) is 0 Å². The van der Waals surface area contributed by atoms with Crippen molar-refractivity contribution in [2.75, 3.05) is 39.5 Å². The van der Waals surface area contributed by atoms with E-state index in [-0.39, 0.29) is 17.9 Å². The molecule has 3 fully saturated rings. The number of likely N-dealkylation sites (tertiary alicyclic amines) is 1. The van der Waals surface area contributed by atoms with Crippen LogP contribution in [0.5, 0.6) is 5.75 Å². The molecular formula is C31H49N3O4. The molecule has 0 unspecified atom stereocenters. The summed E-state index contributed by atoms with van der Waals surface area (Å²) in [5, 5.41) is 3.30. The first-order valence-corrected chi connectivity index (χ1v) is 15.0. The second-order valence-electron chi connectivity index (χ2n) is 12.0. The number of hydrogen-bond donors (Lipinski definition) is 1. The molecule has 1 aromatic rings. The predicted octanol–water partition coefficient (Wildman–Crippen LogP) is 4.78. The van der Waals surface area contributed by atoms with Gasteiger partial charge in [-0.2, -0.15) is 0 Å². The van der Waals surface area contributed by atoms with E-state index in [9.17, 15) is 9.59 Å². The number of carbonyl (C=O) groups excluding carboxylic acids is 2. The molecule has 3 heterocycles. The van der Waals surface area contributed by atoms with Gasteiger partial charge in [0.1, 0.15) is 11.8 Å². The van der Waals surface area contributed by atoms with Crippen LogP contribution in [0.25, 0.3) is 0 Å². The fraction of sp³-hybridized carbons (Fsp3) is 0.742. The van der Waals surface area contributed by atoms with Gasteiger partial charge in [0.25, 0.3) is 0 Å². The summed E-state index contributed by atoms with van der Waals surface area (Å²) in [6.07, 6.45) is 8.33. The zero-order valence-corrected chi connectivity index (χ0v) is 23.9. The standard InChI is InChI=1S/C31H49N3O4/c1-4-38-27-12-10-25(11-13-27)22-33-18-15-31(16-19-33)14-6-5-7-20-37-23-26-9-8-17-34(26)29(35)28(21-24(2)3)32-30(31)36/h10-13,24,26,28H,4-9,14-23H2,1-3H3,(H,32,36)/t26-,28-/m0/s1. The molecule has 2 amide bonds. The van der Waals surface area contributed by atoms with Crippen LogP contribution in [-0.4, -0.2) is 73.2 Å². The van der Waals surface area contributed by atoms with Crippen LogP contribution >= 0.6 is 0 Å². The maximum absolute atomic E-state index is 14.0. The van der Waals surface area contributed by atoms with E-state index >= 15 is 0 Å². The number of benzene rings is 1. The largest absolute Gasteiger partial charge is 0.494 e. The summed E-state index contributed by atoms with van der Waals surface area (Å²) in [5.41, 5.74) is 0.864. The summed E-state index contributed by atoms with van der Waals surface area (Å²) in [5.74, 6) is 1.41. The zero-order valence-electron chi connectivity index (χ0n) is 23.9. The SMILES string of the molecule is CCOc1ccc(CN2CCC3(CCCCCOC[C@@H]4CCCN4C(=O)[C@H](CC(C)C)NC3=O)CC2)cc1. The lowest BCUT2D eigenvalue weighted by Crippen LogP contribution is -2.56. The van der Waals surface area contributed by atoms with Crippen molar-refractivity contribution in [3.8, 4) is 5.75 Å². The minimum absolute atomic E-state index is 0.0818. The fourth-order valence-corrected chi connectivity index (χ4v) is 6.41. The van der Waals surface area contributed by atoms with Gasteiger partial charge in [-0.1, -0.05) is 38.8 Å². The number of ether oxygens (including phenoxy) is 2. The van der Waals surface area contributed by atoms with Gasteiger partial charge in [-0.15, -0.1) is 0 Å². The lowest BCUT2D eigenvalue weighted by Gasteiger charge is -2.42. The average molecular weight is 528 g/mol. The topological polar surface area (TPSA) is 71.1 Å². The van der Waals surface area contributed by atoms with Crippen molar-refractivity contribution < 1.29 is 19.1 Å². The molecule has 4 rings (SSSR count). The number of carbonyl (C=O) groups is 2. The van der Waals surface area contributed by atoms with Gasteiger partial charge in [-0.3, -0.25) is 14.5 Å². The molecule has 38 heavy (non-hydrogen) atoms. The molecule has 1 N–H and O–H groups in total. The highest BCUT2D eigenvalue weighted by atomic mass is 16.5. The lowest BCUT2D eigenvalue weighted by atomic mass is 9.73. The minimum atomic E-state index is -0.454. The first-order valence-electron chi connectivity index (χ1n) is 15.0. The predicted molar refractivity (Wildman–Crippen MR) is 150 cm³/mol. The van der Waals surface area contributed by atoms with Crippen LogP contribution in [0.1, 0.15) is 84.1 Å². The second kappa shape index (κ2) is 13.8. The Bertz CT molecular complexity index is 895. The Morgan fingerprint density at radius 3 is 2.50 bits per heavy atom. The summed E-state index contributed by atoms with van der Waals surface area (Å²) >= 11 is 0. The van der Waals surface area contributed by atoms with E-state index in [0.717, 1.165) is 89.9 Å². The van der Waals surface area contributed by atoms with Gasteiger partial charge in [0.15, 0.2) is 0 Å².